The van der Waals surface area contributed by atoms with Crippen LogP contribution in [0.2, 0.25) is 5.02 Å². The topological polar surface area (TPSA) is 38.9 Å². The van der Waals surface area contributed by atoms with Gasteiger partial charge in [0.1, 0.15) is 0 Å². The van der Waals surface area contributed by atoms with Crippen LogP contribution in [0.25, 0.3) is 0 Å². The lowest BCUT2D eigenvalue weighted by atomic mass is 10.0. The van der Waals surface area contributed by atoms with Crippen LogP contribution in [-0.2, 0) is 6.42 Å². The summed E-state index contributed by atoms with van der Waals surface area (Å²) in [5, 5.41) is 0.740. The maximum Gasteiger partial charge on any atom is 0.0449 e. The van der Waals surface area contributed by atoms with Crippen molar-refractivity contribution in [2.75, 3.05) is 0 Å². The van der Waals surface area contributed by atoms with Gasteiger partial charge in [0.2, 0.25) is 0 Å². The van der Waals surface area contributed by atoms with Gasteiger partial charge in [-0.15, -0.1) is 0 Å². The van der Waals surface area contributed by atoms with Crippen LogP contribution < -0.4 is 5.73 Å². The number of nitrogens with zero attached hydrogens (tertiary/aromatic N) is 1. The number of benzene rings is 1. The minimum Gasteiger partial charge on any atom is -0.324 e. The molecule has 0 aliphatic rings. The zero-order valence-corrected chi connectivity index (χ0v) is 11.4. The molecule has 0 spiro atoms. The second-order valence-corrected chi connectivity index (χ2v) is 5.15. The standard InChI is InChI=1S/C13H12BrClN2/c14-11-2-1-10(12(15)8-11)7-13(16)9-3-5-17-6-4-9/h1-6,8,13H,7,16H2. The third-order valence-electron chi connectivity index (χ3n) is 2.59. The summed E-state index contributed by atoms with van der Waals surface area (Å²) in [5.74, 6) is 0. The Morgan fingerprint density at radius 3 is 2.59 bits per heavy atom. The third kappa shape index (κ3) is 3.28. The molecule has 17 heavy (non-hydrogen) atoms. The second kappa shape index (κ2) is 5.63. The van der Waals surface area contributed by atoms with E-state index >= 15 is 0 Å². The Hall–Kier alpha value is -0.900. The Balaban J connectivity index is 2.16. The molecule has 0 radical (unpaired) electrons. The molecule has 0 saturated carbocycles. The van der Waals surface area contributed by atoms with Crippen LogP contribution in [-0.4, -0.2) is 4.98 Å². The van der Waals surface area contributed by atoms with Gasteiger partial charge in [-0.1, -0.05) is 33.6 Å². The van der Waals surface area contributed by atoms with E-state index in [1.165, 1.54) is 0 Å². The molecule has 88 valence electrons. The minimum absolute atomic E-state index is 0.0586. The fourth-order valence-electron chi connectivity index (χ4n) is 1.65. The quantitative estimate of drug-likeness (QED) is 0.938. The summed E-state index contributed by atoms with van der Waals surface area (Å²) in [6, 6.07) is 9.65. The number of hydrogen-bond acceptors (Lipinski definition) is 2. The van der Waals surface area contributed by atoms with Crippen LogP contribution in [0.4, 0.5) is 0 Å². The highest BCUT2D eigenvalue weighted by atomic mass is 79.9. The summed E-state index contributed by atoms with van der Waals surface area (Å²) in [6.07, 6.45) is 4.22. The molecule has 1 aromatic heterocycles. The number of rotatable bonds is 3. The van der Waals surface area contributed by atoms with E-state index in [1.807, 2.05) is 30.3 Å². The predicted octanol–water partition coefficient (Wildman–Crippen LogP) is 3.74. The van der Waals surface area contributed by atoms with Crippen molar-refractivity contribution in [1.29, 1.82) is 0 Å². The molecule has 4 heteroatoms. The molecule has 0 aliphatic carbocycles. The fraction of sp³-hybridized carbons (Fsp3) is 0.154. The smallest absolute Gasteiger partial charge is 0.0449 e. The molecule has 2 nitrogen and oxygen atoms in total. The van der Waals surface area contributed by atoms with Crippen molar-refractivity contribution >= 4 is 27.5 Å². The van der Waals surface area contributed by atoms with Gasteiger partial charge in [0.25, 0.3) is 0 Å². The minimum atomic E-state index is -0.0586. The van der Waals surface area contributed by atoms with Crippen LogP contribution >= 0.6 is 27.5 Å². The van der Waals surface area contributed by atoms with E-state index in [-0.39, 0.29) is 6.04 Å². The molecule has 0 amide bonds. The second-order valence-electron chi connectivity index (χ2n) is 3.83. The number of pyridine rings is 1. The van der Waals surface area contributed by atoms with Gasteiger partial charge >= 0.3 is 0 Å². The average molecular weight is 312 g/mol. The number of halogens is 2. The Morgan fingerprint density at radius 2 is 1.94 bits per heavy atom. The number of hydrogen-bond donors (Lipinski definition) is 1. The highest BCUT2D eigenvalue weighted by Gasteiger charge is 2.09. The van der Waals surface area contributed by atoms with Crippen molar-refractivity contribution in [3.05, 3.63) is 63.3 Å². The maximum absolute atomic E-state index is 6.16. The van der Waals surface area contributed by atoms with Crippen LogP contribution in [0.3, 0.4) is 0 Å². The van der Waals surface area contributed by atoms with Gasteiger partial charge in [-0.2, -0.15) is 0 Å². The lowest BCUT2D eigenvalue weighted by Crippen LogP contribution is -2.13. The van der Waals surface area contributed by atoms with Gasteiger partial charge in [0.05, 0.1) is 0 Å². The number of aromatic nitrogens is 1. The van der Waals surface area contributed by atoms with Crippen molar-refractivity contribution in [3.8, 4) is 0 Å². The first-order chi connectivity index (χ1) is 8.16. The summed E-state index contributed by atoms with van der Waals surface area (Å²) >= 11 is 9.55. The van der Waals surface area contributed by atoms with E-state index < -0.39 is 0 Å². The highest BCUT2D eigenvalue weighted by molar-refractivity contribution is 9.10. The summed E-state index contributed by atoms with van der Waals surface area (Å²) in [4.78, 5) is 3.98. The lowest BCUT2D eigenvalue weighted by Gasteiger charge is -2.13. The lowest BCUT2D eigenvalue weighted by molar-refractivity contribution is 0.720. The molecule has 0 saturated heterocycles. The van der Waals surface area contributed by atoms with Crippen LogP contribution in [0, 0.1) is 0 Å². The van der Waals surface area contributed by atoms with Crippen molar-refractivity contribution in [2.45, 2.75) is 12.5 Å². The molecule has 2 rings (SSSR count). The molecular weight excluding hydrogens is 300 g/mol. The van der Waals surface area contributed by atoms with E-state index in [2.05, 4.69) is 20.9 Å². The van der Waals surface area contributed by atoms with Crippen molar-refractivity contribution in [1.82, 2.24) is 4.98 Å². The van der Waals surface area contributed by atoms with Crippen LogP contribution in [0.5, 0.6) is 0 Å². The zero-order valence-electron chi connectivity index (χ0n) is 9.11. The van der Waals surface area contributed by atoms with Crippen molar-refractivity contribution in [3.63, 3.8) is 0 Å². The van der Waals surface area contributed by atoms with Crippen molar-refractivity contribution in [2.24, 2.45) is 5.73 Å². The van der Waals surface area contributed by atoms with Crippen molar-refractivity contribution < 1.29 is 0 Å². The molecule has 1 heterocycles. The van der Waals surface area contributed by atoms with E-state index in [0.717, 1.165) is 27.0 Å². The SMILES string of the molecule is NC(Cc1ccc(Br)cc1Cl)c1ccncc1. The largest absolute Gasteiger partial charge is 0.324 e. The molecule has 1 atom stereocenters. The molecule has 0 fully saturated rings. The summed E-state index contributed by atoms with van der Waals surface area (Å²) in [6.45, 7) is 0. The monoisotopic (exact) mass is 310 g/mol. The predicted molar refractivity (Wildman–Crippen MR) is 74.0 cm³/mol. The molecule has 1 aromatic carbocycles. The molecule has 0 aliphatic heterocycles. The van der Waals surface area contributed by atoms with E-state index in [4.69, 9.17) is 17.3 Å². The Labute approximate surface area is 114 Å². The van der Waals surface area contributed by atoms with Gasteiger partial charge < -0.3 is 5.73 Å². The average Bonchev–Trinajstić information content (AvgIpc) is 2.34. The first kappa shape index (κ1) is 12.6. The van der Waals surface area contributed by atoms with Crippen LogP contribution in [0.1, 0.15) is 17.2 Å². The Bertz CT molecular complexity index is 502. The van der Waals surface area contributed by atoms with Crippen LogP contribution in [0.15, 0.2) is 47.2 Å². The van der Waals surface area contributed by atoms with Gasteiger partial charge in [-0.05, 0) is 41.8 Å². The molecule has 0 bridgehead atoms. The summed E-state index contributed by atoms with van der Waals surface area (Å²) in [5.41, 5.74) is 8.26. The first-order valence-corrected chi connectivity index (χ1v) is 6.43. The Morgan fingerprint density at radius 1 is 1.24 bits per heavy atom. The van der Waals surface area contributed by atoms with Gasteiger partial charge in [0.15, 0.2) is 0 Å². The molecule has 2 N–H and O–H groups in total. The van der Waals surface area contributed by atoms with Gasteiger partial charge in [-0.25, -0.2) is 0 Å². The third-order valence-corrected chi connectivity index (χ3v) is 3.43. The fourth-order valence-corrected chi connectivity index (χ4v) is 2.40. The Kier molecular flexibility index (Phi) is 4.15. The summed E-state index contributed by atoms with van der Waals surface area (Å²) in [7, 11) is 0. The van der Waals surface area contributed by atoms with Gasteiger partial charge in [-0.3, -0.25) is 4.98 Å². The normalized spacial score (nSPS) is 12.4. The zero-order chi connectivity index (χ0) is 12.3. The molecule has 2 aromatic rings. The van der Waals surface area contributed by atoms with Gasteiger partial charge in [0, 0.05) is 27.9 Å². The van der Waals surface area contributed by atoms with E-state index in [9.17, 15) is 0 Å². The number of nitrogens with two attached hydrogens (primary N) is 1. The maximum atomic E-state index is 6.16. The molecular formula is C13H12BrClN2. The molecule has 1 unspecified atom stereocenters. The highest BCUT2D eigenvalue weighted by Crippen LogP contribution is 2.25. The van der Waals surface area contributed by atoms with E-state index in [1.54, 1.807) is 12.4 Å². The van der Waals surface area contributed by atoms with E-state index in [0.29, 0.717) is 0 Å². The first-order valence-electron chi connectivity index (χ1n) is 5.26. The summed E-state index contributed by atoms with van der Waals surface area (Å²) < 4.78 is 0.976.